The van der Waals surface area contributed by atoms with Gasteiger partial charge in [-0.2, -0.15) is 0 Å². The van der Waals surface area contributed by atoms with Crippen molar-refractivity contribution >= 4 is 23.3 Å². The van der Waals surface area contributed by atoms with Crippen molar-refractivity contribution in [2.24, 2.45) is 0 Å². The van der Waals surface area contributed by atoms with Crippen molar-refractivity contribution in [2.75, 3.05) is 38.0 Å². The number of carbonyl (C=O) groups excluding carboxylic acids is 1. The van der Waals surface area contributed by atoms with Gasteiger partial charge in [-0.25, -0.2) is 4.79 Å². The van der Waals surface area contributed by atoms with E-state index in [4.69, 9.17) is 16.3 Å². The van der Waals surface area contributed by atoms with E-state index in [9.17, 15) is 4.79 Å². The van der Waals surface area contributed by atoms with Gasteiger partial charge in [-0.3, -0.25) is 4.90 Å². The summed E-state index contributed by atoms with van der Waals surface area (Å²) in [6.07, 6.45) is 1.15. The van der Waals surface area contributed by atoms with Crippen LogP contribution in [0.5, 0.6) is 5.75 Å². The van der Waals surface area contributed by atoms with Crippen molar-refractivity contribution in [2.45, 2.75) is 20.0 Å². The molecule has 2 aromatic carbocycles. The lowest BCUT2D eigenvalue weighted by atomic mass is 10.2. The van der Waals surface area contributed by atoms with Gasteiger partial charge < -0.3 is 15.0 Å². The number of urea groups is 1. The summed E-state index contributed by atoms with van der Waals surface area (Å²) in [5.41, 5.74) is 1.83. The molecule has 0 unspecified atom stereocenters. The molecule has 6 heteroatoms. The minimum Gasteiger partial charge on any atom is -0.489 e. The first-order valence-electron chi connectivity index (χ1n) is 9.39. The highest BCUT2D eigenvalue weighted by atomic mass is 35.5. The standard InChI is InChI=1S/C21H26ClN3O2/c1-2-11-24-12-14-25(15-13-24)21(26)23-19-7-9-20(10-8-19)27-16-17-3-5-18(22)6-4-17/h3-10H,2,11-16H2,1H3,(H,23,26). The molecule has 1 aliphatic rings. The van der Waals surface area contributed by atoms with Crippen molar-refractivity contribution in [3.8, 4) is 5.75 Å². The average Bonchev–Trinajstić information content (AvgIpc) is 2.69. The van der Waals surface area contributed by atoms with Crippen LogP contribution in [0.3, 0.4) is 0 Å². The predicted octanol–water partition coefficient (Wildman–Crippen LogP) is 4.48. The molecule has 0 saturated carbocycles. The smallest absolute Gasteiger partial charge is 0.321 e. The lowest BCUT2D eigenvalue weighted by molar-refractivity contribution is 0.147. The maximum Gasteiger partial charge on any atom is 0.321 e. The minimum absolute atomic E-state index is 0.0408. The molecule has 1 fully saturated rings. The van der Waals surface area contributed by atoms with Crippen LogP contribution in [0.2, 0.25) is 5.02 Å². The summed E-state index contributed by atoms with van der Waals surface area (Å²) in [5, 5.41) is 3.68. The number of nitrogens with zero attached hydrogens (tertiary/aromatic N) is 2. The van der Waals surface area contributed by atoms with Gasteiger partial charge >= 0.3 is 6.03 Å². The van der Waals surface area contributed by atoms with E-state index >= 15 is 0 Å². The Bertz CT molecular complexity index is 726. The number of piperazine rings is 1. The molecule has 1 saturated heterocycles. The highest BCUT2D eigenvalue weighted by Crippen LogP contribution is 2.18. The molecule has 1 heterocycles. The first kappa shape index (κ1) is 19.5. The monoisotopic (exact) mass is 387 g/mol. The van der Waals surface area contributed by atoms with Gasteiger partial charge in [-0.1, -0.05) is 30.7 Å². The molecule has 0 aromatic heterocycles. The third kappa shape index (κ3) is 5.88. The molecule has 3 rings (SSSR count). The fourth-order valence-corrected chi connectivity index (χ4v) is 3.20. The number of amides is 2. The molecule has 0 spiro atoms. The van der Waals surface area contributed by atoms with Gasteiger partial charge in [-0.05, 0) is 54.9 Å². The van der Waals surface area contributed by atoms with Gasteiger partial charge in [0, 0.05) is 36.9 Å². The lowest BCUT2D eigenvalue weighted by Gasteiger charge is -2.34. The summed E-state index contributed by atoms with van der Waals surface area (Å²) >= 11 is 5.88. The van der Waals surface area contributed by atoms with Crippen LogP contribution in [0.1, 0.15) is 18.9 Å². The van der Waals surface area contributed by atoms with Crippen LogP contribution >= 0.6 is 11.6 Å². The second-order valence-electron chi connectivity index (χ2n) is 6.70. The Morgan fingerprint density at radius 3 is 2.33 bits per heavy atom. The summed E-state index contributed by atoms with van der Waals surface area (Å²) in [6, 6.07) is 15.0. The number of carbonyl (C=O) groups is 1. The van der Waals surface area contributed by atoms with E-state index in [1.54, 1.807) is 0 Å². The molecule has 27 heavy (non-hydrogen) atoms. The van der Waals surface area contributed by atoms with E-state index in [2.05, 4.69) is 17.1 Å². The third-order valence-corrected chi connectivity index (χ3v) is 4.88. The van der Waals surface area contributed by atoms with E-state index < -0.39 is 0 Å². The lowest BCUT2D eigenvalue weighted by Crippen LogP contribution is -2.50. The summed E-state index contributed by atoms with van der Waals surface area (Å²) in [6.45, 7) is 7.19. The number of anilines is 1. The van der Waals surface area contributed by atoms with E-state index in [-0.39, 0.29) is 6.03 Å². The fraction of sp³-hybridized carbons (Fsp3) is 0.381. The van der Waals surface area contributed by atoms with Crippen LogP contribution in [-0.4, -0.2) is 48.6 Å². The quantitative estimate of drug-likeness (QED) is 0.794. The predicted molar refractivity (Wildman–Crippen MR) is 110 cm³/mol. The summed E-state index contributed by atoms with van der Waals surface area (Å²) in [5.74, 6) is 0.760. The normalized spacial score (nSPS) is 14.8. The van der Waals surface area contributed by atoms with E-state index in [1.807, 2.05) is 53.4 Å². The van der Waals surface area contributed by atoms with E-state index in [1.165, 1.54) is 0 Å². The Morgan fingerprint density at radius 2 is 1.70 bits per heavy atom. The van der Waals surface area contributed by atoms with Crippen LogP contribution in [0.4, 0.5) is 10.5 Å². The summed E-state index contributed by atoms with van der Waals surface area (Å²) in [7, 11) is 0. The Labute approximate surface area is 165 Å². The number of benzene rings is 2. The zero-order valence-corrected chi connectivity index (χ0v) is 16.4. The van der Waals surface area contributed by atoms with E-state index in [0.717, 1.165) is 56.1 Å². The van der Waals surface area contributed by atoms with Crippen molar-refractivity contribution in [1.29, 1.82) is 0 Å². The second kappa shape index (κ2) is 9.62. The van der Waals surface area contributed by atoms with Crippen LogP contribution in [-0.2, 0) is 6.61 Å². The van der Waals surface area contributed by atoms with Crippen molar-refractivity contribution in [1.82, 2.24) is 9.80 Å². The number of halogens is 1. The first-order chi connectivity index (χ1) is 13.1. The molecule has 0 radical (unpaired) electrons. The summed E-state index contributed by atoms with van der Waals surface area (Å²) < 4.78 is 5.77. The molecular weight excluding hydrogens is 362 g/mol. The van der Waals surface area contributed by atoms with Crippen LogP contribution < -0.4 is 10.1 Å². The molecule has 1 aliphatic heterocycles. The molecular formula is C21H26ClN3O2. The van der Waals surface area contributed by atoms with Gasteiger partial charge in [-0.15, -0.1) is 0 Å². The topological polar surface area (TPSA) is 44.8 Å². The number of nitrogens with one attached hydrogen (secondary N) is 1. The van der Waals surface area contributed by atoms with Crippen molar-refractivity contribution in [3.05, 3.63) is 59.1 Å². The van der Waals surface area contributed by atoms with Crippen LogP contribution in [0.25, 0.3) is 0 Å². The second-order valence-corrected chi connectivity index (χ2v) is 7.13. The number of hydrogen-bond acceptors (Lipinski definition) is 3. The Kier molecular flexibility index (Phi) is 6.96. The first-order valence-corrected chi connectivity index (χ1v) is 9.77. The average molecular weight is 388 g/mol. The number of hydrogen-bond donors (Lipinski definition) is 1. The Balaban J connectivity index is 1.46. The SMILES string of the molecule is CCCN1CCN(C(=O)Nc2ccc(OCc3ccc(Cl)cc3)cc2)CC1. The zero-order chi connectivity index (χ0) is 19.1. The fourth-order valence-electron chi connectivity index (χ4n) is 3.08. The van der Waals surface area contributed by atoms with Gasteiger partial charge in [0.2, 0.25) is 0 Å². The highest BCUT2D eigenvalue weighted by Gasteiger charge is 2.20. The number of ether oxygens (including phenoxy) is 1. The van der Waals surface area contributed by atoms with Crippen molar-refractivity contribution in [3.63, 3.8) is 0 Å². The maximum atomic E-state index is 12.4. The van der Waals surface area contributed by atoms with Gasteiger partial charge in [0.15, 0.2) is 0 Å². The summed E-state index contributed by atoms with van der Waals surface area (Å²) in [4.78, 5) is 16.7. The third-order valence-electron chi connectivity index (χ3n) is 4.62. The maximum absolute atomic E-state index is 12.4. The molecule has 0 atom stereocenters. The van der Waals surface area contributed by atoms with E-state index in [0.29, 0.717) is 11.6 Å². The van der Waals surface area contributed by atoms with Crippen LogP contribution in [0.15, 0.2) is 48.5 Å². The van der Waals surface area contributed by atoms with Gasteiger partial charge in [0.05, 0.1) is 0 Å². The number of rotatable bonds is 6. The Morgan fingerprint density at radius 1 is 1.04 bits per heavy atom. The highest BCUT2D eigenvalue weighted by molar-refractivity contribution is 6.30. The molecule has 2 aromatic rings. The minimum atomic E-state index is -0.0408. The van der Waals surface area contributed by atoms with Gasteiger partial charge in [0.1, 0.15) is 12.4 Å². The van der Waals surface area contributed by atoms with Gasteiger partial charge in [0.25, 0.3) is 0 Å². The Hall–Kier alpha value is -2.24. The molecule has 2 amide bonds. The molecule has 0 bridgehead atoms. The van der Waals surface area contributed by atoms with Crippen LogP contribution in [0, 0.1) is 0 Å². The molecule has 5 nitrogen and oxygen atoms in total. The van der Waals surface area contributed by atoms with Crippen molar-refractivity contribution < 1.29 is 9.53 Å². The largest absolute Gasteiger partial charge is 0.489 e. The zero-order valence-electron chi connectivity index (χ0n) is 15.7. The molecule has 144 valence electrons. The molecule has 1 N–H and O–H groups in total. The molecule has 0 aliphatic carbocycles.